The van der Waals surface area contributed by atoms with Crippen molar-refractivity contribution < 1.29 is 8.42 Å². The van der Waals surface area contributed by atoms with Crippen molar-refractivity contribution in [2.45, 2.75) is 24.7 Å². The van der Waals surface area contributed by atoms with Gasteiger partial charge in [0.1, 0.15) is 0 Å². The Kier molecular flexibility index (Phi) is 3.66. The molecule has 0 saturated heterocycles. The van der Waals surface area contributed by atoms with E-state index in [1.54, 1.807) is 24.3 Å². The molecule has 0 fully saturated rings. The number of rotatable bonds is 3. The standard InChI is InChI=1S/C14H16N2O2S/c1-10(2)13-8-9-14(16-15-13)11-4-6-12(7-5-11)19(3,17)18/h4-10H,1-3H3. The van der Waals surface area contributed by atoms with E-state index in [4.69, 9.17) is 0 Å². The highest BCUT2D eigenvalue weighted by atomic mass is 32.2. The Labute approximate surface area is 113 Å². The van der Waals surface area contributed by atoms with Crippen LogP contribution in [-0.4, -0.2) is 24.9 Å². The molecule has 0 bridgehead atoms. The van der Waals surface area contributed by atoms with E-state index in [2.05, 4.69) is 24.0 Å². The Balaban J connectivity index is 2.32. The molecule has 1 heterocycles. The summed E-state index contributed by atoms with van der Waals surface area (Å²) in [6.07, 6.45) is 1.19. The summed E-state index contributed by atoms with van der Waals surface area (Å²) in [6.45, 7) is 4.12. The lowest BCUT2D eigenvalue weighted by Crippen LogP contribution is -1.98. The summed E-state index contributed by atoms with van der Waals surface area (Å²) < 4.78 is 22.7. The van der Waals surface area contributed by atoms with Crippen LogP contribution in [0.4, 0.5) is 0 Å². The molecule has 2 aromatic rings. The van der Waals surface area contributed by atoms with Crippen molar-refractivity contribution in [1.82, 2.24) is 10.2 Å². The predicted molar refractivity (Wildman–Crippen MR) is 74.7 cm³/mol. The Morgan fingerprint density at radius 1 is 0.947 bits per heavy atom. The van der Waals surface area contributed by atoms with Crippen molar-refractivity contribution in [3.05, 3.63) is 42.1 Å². The number of nitrogens with zero attached hydrogens (tertiary/aromatic N) is 2. The summed E-state index contributed by atoms with van der Waals surface area (Å²) in [5.41, 5.74) is 2.54. The minimum Gasteiger partial charge on any atom is -0.224 e. The fraction of sp³-hybridized carbons (Fsp3) is 0.286. The van der Waals surface area contributed by atoms with Crippen LogP contribution in [0.2, 0.25) is 0 Å². The van der Waals surface area contributed by atoms with E-state index in [-0.39, 0.29) is 0 Å². The van der Waals surface area contributed by atoms with Gasteiger partial charge in [-0.1, -0.05) is 26.0 Å². The molecule has 0 aliphatic heterocycles. The van der Waals surface area contributed by atoms with Crippen molar-refractivity contribution in [1.29, 1.82) is 0 Å². The fourth-order valence-electron chi connectivity index (χ4n) is 1.68. The van der Waals surface area contributed by atoms with Crippen LogP contribution in [0.25, 0.3) is 11.3 Å². The van der Waals surface area contributed by atoms with E-state index >= 15 is 0 Å². The number of sulfone groups is 1. The fourth-order valence-corrected chi connectivity index (χ4v) is 2.31. The van der Waals surface area contributed by atoms with Gasteiger partial charge in [0.15, 0.2) is 9.84 Å². The van der Waals surface area contributed by atoms with Crippen molar-refractivity contribution >= 4 is 9.84 Å². The maximum absolute atomic E-state index is 11.4. The third kappa shape index (κ3) is 3.17. The van der Waals surface area contributed by atoms with Crippen molar-refractivity contribution in [2.75, 3.05) is 6.26 Å². The maximum Gasteiger partial charge on any atom is 0.175 e. The van der Waals surface area contributed by atoms with Crippen LogP contribution in [-0.2, 0) is 9.84 Å². The van der Waals surface area contributed by atoms with Gasteiger partial charge in [-0.15, -0.1) is 0 Å². The molecule has 0 unspecified atom stereocenters. The van der Waals surface area contributed by atoms with Crippen LogP contribution in [0.15, 0.2) is 41.3 Å². The largest absolute Gasteiger partial charge is 0.224 e. The molecule has 0 saturated carbocycles. The molecule has 19 heavy (non-hydrogen) atoms. The van der Waals surface area contributed by atoms with Gasteiger partial charge in [0, 0.05) is 11.8 Å². The third-order valence-electron chi connectivity index (χ3n) is 2.85. The molecule has 2 rings (SSSR count). The summed E-state index contributed by atoms with van der Waals surface area (Å²) in [7, 11) is -3.16. The van der Waals surface area contributed by atoms with Crippen LogP contribution >= 0.6 is 0 Å². The first-order chi connectivity index (χ1) is 8.88. The topological polar surface area (TPSA) is 59.9 Å². The summed E-state index contributed by atoms with van der Waals surface area (Å²) in [4.78, 5) is 0.308. The highest BCUT2D eigenvalue weighted by molar-refractivity contribution is 7.90. The van der Waals surface area contributed by atoms with Gasteiger partial charge in [0.2, 0.25) is 0 Å². The van der Waals surface area contributed by atoms with E-state index in [1.807, 2.05) is 12.1 Å². The van der Waals surface area contributed by atoms with Gasteiger partial charge in [-0.3, -0.25) is 0 Å². The first-order valence-electron chi connectivity index (χ1n) is 6.02. The van der Waals surface area contributed by atoms with E-state index in [0.717, 1.165) is 17.0 Å². The Morgan fingerprint density at radius 3 is 2.00 bits per heavy atom. The Morgan fingerprint density at radius 2 is 1.58 bits per heavy atom. The van der Waals surface area contributed by atoms with Gasteiger partial charge in [0.25, 0.3) is 0 Å². The van der Waals surface area contributed by atoms with E-state index in [1.165, 1.54) is 6.26 Å². The molecule has 100 valence electrons. The van der Waals surface area contributed by atoms with Gasteiger partial charge < -0.3 is 0 Å². The summed E-state index contributed by atoms with van der Waals surface area (Å²) >= 11 is 0. The summed E-state index contributed by atoms with van der Waals surface area (Å²) in [6, 6.07) is 10.5. The van der Waals surface area contributed by atoms with Crippen LogP contribution in [0, 0.1) is 0 Å². The zero-order chi connectivity index (χ0) is 14.0. The smallest absolute Gasteiger partial charge is 0.175 e. The second-order valence-corrected chi connectivity index (χ2v) is 6.81. The van der Waals surface area contributed by atoms with Crippen molar-refractivity contribution in [2.24, 2.45) is 0 Å². The maximum atomic E-state index is 11.4. The normalized spacial score (nSPS) is 11.8. The van der Waals surface area contributed by atoms with Gasteiger partial charge >= 0.3 is 0 Å². The van der Waals surface area contributed by atoms with Gasteiger partial charge in [-0.2, -0.15) is 10.2 Å². The van der Waals surface area contributed by atoms with Crippen LogP contribution in [0.1, 0.15) is 25.5 Å². The first kappa shape index (κ1) is 13.7. The summed E-state index contributed by atoms with van der Waals surface area (Å²) in [5, 5.41) is 8.32. The molecule has 4 nitrogen and oxygen atoms in total. The second-order valence-electron chi connectivity index (χ2n) is 4.79. The van der Waals surface area contributed by atoms with Crippen LogP contribution in [0.5, 0.6) is 0 Å². The zero-order valence-corrected chi connectivity index (χ0v) is 12.0. The first-order valence-corrected chi connectivity index (χ1v) is 7.91. The van der Waals surface area contributed by atoms with Crippen LogP contribution < -0.4 is 0 Å². The van der Waals surface area contributed by atoms with Crippen molar-refractivity contribution in [3.8, 4) is 11.3 Å². The molecule has 5 heteroatoms. The average Bonchev–Trinajstić information content (AvgIpc) is 2.38. The molecule has 0 atom stereocenters. The lowest BCUT2D eigenvalue weighted by atomic mass is 10.1. The lowest BCUT2D eigenvalue weighted by molar-refractivity contribution is 0.602. The molecule has 0 radical (unpaired) electrons. The zero-order valence-electron chi connectivity index (χ0n) is 11.2. The molecule has 0 amide bonds. The Hall–Kier alpha value is -1.75. The number of aromatic nitrogens is 2. The highest BCUT2D eigenvalue weighted by Gasteiger charge is 2.08. The minimum atomic E-state index is -3.16. The molecule has 0 aliphatic carbocycles. The van der Waals surface area contributed by atoms with E-state index in [9.17, 15) is 8.42 Å². The Bertz CT molecular complexity index is 660. The SMILES string of the molecule is CC(C)c1ccc(-c2ccc(S(C)(=O)=O)cc2)nn1. The predicted octanol–water partition coefficient (Wildman–Crippen LogP) is 2.67. The van der Waals surface area contributed by atoms with Crippen molar-refractivity contribution in [3.63, 3.8) is 0 Å². The van der Waals surface area contributed by atoms with Gasteiger partial charge in [-0.25, -0.2) is 8.42 Å². The van der Waals surface area contributed by atoms with E-state index < -0.39 is 9.84 Å². The molecule has 1 aromatic heterocycles. The quantitative estimate of drug-likeness (QED) is 0.864. The van der Waals surface area contributed by atoms with Gasteiger partial charge in [0.05, 0.1) is 16.3 Å². The number of hydrogen-bond acceptors (Lipinski definition) is 4. The molecular weight excluding hydrogens is 260 g/mol. The van der Waals surface area contributed by atoms with E-state index in [0.29, 0.717) is 10.8 Å². The van der Waals surface area contributed by atoms with Gasteiger partial charge in [-0.05, 0) is 30.2 Å². The molecular formula is C14H16N2O2S. The second kappa shape index (κ2) is 5.09. The lowest BCUT2D eigenvalue weighted by Gasteiger charge is -2.05. The van der Waals surface area contributed by atoms with Crippen LogP contribution in [0.3, 0.4) is 0 Å². The summed E-state index contributed by atoms with van der Waals surface area (Å²) in [5.74, 6) is 0.342. The third-order valence-corrected chi connectivity index (χ3v) is 3.98. The minimum absolute atomic E-state index is 0.308. The average molecular weight is 276 g/mol. The monoisotopic (exact) mass is 276 g/mol. The number of benzene rings is 1. The molecule has 1 aromatic carbocycles. The molecule has 0 aliphatic rings. The number of hydrogen-bond donors (Lipinski definition) is 0. The highest BCUT2D eigenvalue weighted by Crippen LogP contribution is 2.20. The molecule has 0 spiro atoms. The molecule has 0 N–H and O–H groups in total.